The van der Waals surface area contributed by atoms with Crippen LogP contribution in [0.2, 0.25) is 0 Å². The number of imidazole rings is 1. The van der Waals surface area contributed by atoms with E-state index in [1.807, 2.05) is 13.8 Å². The molecular weight excluding hydrogens is 104 g/mol. The first-order valence-electron chi connectivity index (χ1n) is 2.57. The molecule has 3 nitrogen and oxygen atoms in total. The van der Waals surface area contributed by atoms with Gasteiger partial charge in [-0.15, -0.1) is 0 Å². The van der Waals surface area contributed by atoms with Crippen LogP contribution in [0.4, 0.5) is 0 Å². The summed E-state index contributed by atoms with van der Waals surface area (Å²) in [6.07, 6.45) is 2.75. The van der Waals surface area contributed by atoms with Crippen LogP contribution in [0.5, 0.6) is 5.88 Å². The second-order valence-electron chi connectivity index (χ2n) is 0.937. The van der Waals surface area contributed by atoms with Crippen molar-refractivity contribution < 1.29 is 5.11 Å². The molecule has 0 fully saturated rings. The molecule has 1 aromatic rings. The lowest BCUT2D eigenvalue weighted by Gasteiger charge is -1.68. The number of aromatic amines is 1. The highest BCUT2D eigenvalue weighted by Crippen LogP contribution is 1.93. The molecule has 0 aliphatic carbocycles. The van der Waals surface area contributed by atoms with Crippen LogP contribution in [0.1, 0.15) is 13.8 Å². The molecule has 0 saturated carbocycles. The summed E-state index contributed by atoms with van der Waals surface area (Å²) in [5.41, 5.74) is 0. The SMILES string of the molecule is CC.Oc1cnc[nH]1. The van der Waals surface area contributed by atoms with Gasteiger partial charge in [0.05, 0.1) is 12.5 Å². The van der Waals surface area contributed by atoms with Gasteiger partial charge in [-0.1, -0.05) is 13.8 Å². The van der Waals surface area contributed by atoms with E-state index in [9.17, 15) is 0 Å². The Hall–Kier alpha value is -0.990. The maximum Gasteiger partial charge on any atom is 0.208 e. The molecule has 0 aliphatic rings. The van der Waals surface area contributed by atoms with E-state index in [2.05, 4.69) is 9.97 Å². The largest absolute Gasteiger partial charge is 0.493 e. The first kappa shape index (κ1) is 7.01. The molecule has 0 unspecified atom stereocenters. The highest BCUT2D eigenvalue weighted by molar-refractivity contribution is 4.96. The Labute approximate surface area is 48.4 Å². The fraction of sp³-hybridized carbons (Fsp3) is 0.400. The topological polar surface area (TPSA) is 48.9 Å². The van der Waals surface area contributed by atoms with Crippen LogP contribution in [0.15, 0.2) is 12.5 Å². The van der Waals surface area contributed by atoms with E-state index in [0.29, 0.717) is 0 Å². The van der Waals surface area contributed by atoms with Crippen molar-refractivity contribution in [3.8, 4) is 5.88 Å². The van der Waals surface area contributed by atoms with Crippen LogP contribution in [-0.4, -0.2) is 15.1 Å². The third kappa shape index (κ3) is 2.23. The number of nitrogens with zero attached hydrogens (tertiary/aromatic N) is 1. The fourth-order valence-corrected chi connectivity index (χ4v) is 0.249. The van der Waals surface area contributed by atoms with E-state index in [-0.39, 0.29) is 5.88 Å². The van der Waals surface area contributed by atoms with E-state index in [1.165, 1.54) is 12.5 Å². The Balaban J connectivity index is 0.000000222. The predicted molar refractivity (Wildman–Crippen MR) is 31.6 cm³/mol. The highest BCUT2D eigenvalue weighted by atomic mass is 16.3. The van der Waals surface area contributed by atoms with Gasteiger partial charge in [0.1, 0.15) is 0 Å². The monoisotopic (exact) mass is 114 g/mol. The van der Waals surface area contributed by atoms with Crippen molar-refractivity contribution in [2.24, 2.45) is 0 Å². The van der Waals surface area contributed by atoms with E-state index in [4.69, 9.17) is 5.11 Å². The third-order valence-corrected chi connectivity index (χ3v) is 0.484. The normalized spacial score (nSPS) is 7.25. The van der Waals surface area contributed by atoms with Crippen LogP contribution >= 0.6 is 0 Å². The van der Waals surface area contributed by atoms with Crippen LogP contribution in [-0.2, 0) is 0 Å². The van der Waals surface area contributed by atoms with E-state index < -0.39 is 0 Å². The van der Waals surface area contributed by atoms with E-state index in [0.717, 1.165) is 0 Å². The average molecular weight is 114 g/mol. The molecule has 3 heteroatoms. The molecule has 0 atom stereocenters. The molecule has 2 N–H and O–H groups in total. The van der Waals surface area contributed by atoms with Crippen molar-refractivity contribution in [3.63, 3.8) is 0 Å². The minimum absolute atomic E-state index is 0.106. The van der Waals surface area contributed by atoms with Gasteiger partial charge in [0.2, 0.25) is 5.88 Å². The number of hydrogen-bond acceptors (Lipinski definition) is 2. The Morgan fingerprint density at radius 2 is 2.25 bits per heavy atom. The van der Waals surface area contributed by atoms with Gasteiger partial charge in [0.25, 0.3) is 0 Å². The van der Waals surface area contributed by atoms with Gasteiger partial charge < -0.3 is 10.1 Å². The summed E-state index contributed by atoms with van der Waals surface area (Å²) in [6, 6.07) is 0. The van der Waals surface area contributed by atoms with Gasteiger partial charge in [-0.05, 0) is 0 Å². The zero-order valence-corrected chi connectivity index (χ0v) is 5.05. The zero-order chi connectivity index (χ0) is 6.41. The average Bonchev–Trinajstić information content (AvgIpc) is 2.24. The third-order valence-electron chi connectivity index (χ3n) is 0.484. The summed E-state index contributed by atoms with van der Waals surface area (Å²) in [6.45, 7) is 4.00. The maximum atomic E-state index is 8.35. The molecule has 1 aromatic heterocycles. The summed E-state index contributed by atoms with van der Waals surface area (Å²) < 4.78 is 0. The Morgan fingerprint density at radius 3 is 2.38 bits per heavy atom. The lowest BCUT2D eigenvalue weighted by molar-refractivity contribution is 0.456. The Bertz CT molecular complexity index is 114. The molecule has 0 bridgehead atoms. The molecule has 0 spiro atoms. The number of hydrogen-bond donors (Lipinski definition) is 2. The van der Waals surface area contributed by atoms with Gasteiger partial charge in [-0.25, -0.2) is 4.98 Å². The molecule has 0 radical (unpaired) electrons. The van der Waals surface area contributed by atoms with Crippen LogP contribution in [0.3, 0.4) is 0 Å². The number of H-pyrrole nitrogens is 1. The van der Waals surface area contributed by atoms with Crippen molar-refractivity contribution in [1.29, 1.82) is 0 Å². The van der Waals surface area contributed by atoms with Gasteiger partial charge in [0.15, 0.2) is 0 Å². The second kappa shape index (κ2) is 4.18. The highest BCUT2D eigenvalue weighted by Gasteiger charge is 1.77. The van der Waals surface area contributed by atoms with Crippen molar-refractivity contribution >= 4 is 0 Å². The van der Waals surface area contributed by atoms with Crippen LogP contribution in [0.25, 0.3) is 0 Å². The zero-order valence-electron chi connectivity index (χ0n) is 5.05. The standard InChI is InChI=1S/C3H4N2O.C2H6/c6-3-1-4-2-5-3;1-2/h1-2,6H,(H,4,5);1-2H3. The molecular formula is C5H10N2O. The van der Waals surface area contributed by atoms with E-state index >= 15 is 0 Å². The summed E-state index contributed by atoms with van der Waals surface area (Å²) in [5, 5.41) is 8.35. The smallest absolute Gasteiger partial charge is 0.208 e. The molecule has 46 valence electrons. The molecule has 1 rings (SSSR count). The second-order valence-corrected chi connectivity index (χ2v) is 0.937. The molecule has 8 heavy (non-hydrogen) atoms. The summed E-state index contributed by atoms with van der Waals surface area (Å²) in [5.74, 6) is 0.106. The minimum Gasteiger partial charge on any atom is -0.493 e. The fourth-order valence-electron chi connectivity index (χ4n) is 0.249. The molecule has 1 heterocycles. The van der Waals surface area contributed by atoms with Crippen molar-refractivity contribution in [2.45, 2.75) is 13.8 Å². The Morgan fingerprint density at radius 1 is 1.62 bits per heavy atom. The van der Waals surface area contributed by atoms with Gasteiger partial charge in [-0.2, -0.15) is 0 Å². The summed E-state index contributed by atoms with van der Waals surface area (Å²) in [4.78, 5) is 5.96. The summed E-state index contributed by atoms with van der Waals surface area (Å²) >= 11 is 0. The van der Waals surface area contributed by atoms with Crippen molar-refractivity contribution in [2.75, 3.05) is 0 Å². The number of aromatic nitrogens is 2. The number of nitrogens with one attached hydrogen (secondary N) is 1. The first-order valence-corrected chi connectivity index (χ1v) is 2.57. The maximum absolute atomic E-state index is 8.35. The number of rotatable bonds is 0. The number of aromatic hydroxyl groups is 1. The summed E-state index contributed by atoms with van der Waals surface area (Å²) in [7, 11) is 0. The molecule has 0 aromatic carbocycles. The Kier molecular flexibility index (Phi) is 3.66. The molecule has 0 aliphatic heterocycles. The molecule has 0 saturated heterocycles. The minimum atomic E-state index is 0.106. The van der Waals surface area contributed by atoms with Gasteiger partial charge in [-0.3, -0.25) is 0 Å². The van der Waals surface area contributed by atoms with E-state index in [1.54, 1.807) is 0 Å². The first-order chi connectivity index (χ1) is 3.89. The van der Waals surface area contributed by atoms with Crippen LogP contribution in [0, 0.1) is 0 Å². The predicted octanol–water partition coefficient (Wildman–Crippen LogP) is 1.14. The molecule has 0 amide bonds. The quantitative estimate of drug-likeness (QED) is 0.531. The lowest BCUT2D eigenvalue weighted by atomic mass is 10.9. The lowest BCUT2D eigenvalue weighted by Crippen LogP contribution is -1.51. The van der Waals surface area contributed by atoms with Crippen LogP contribution < -0.4 is 0 Å². The van der Waals surface area contributed by atoms with Gasteiger partial charge >= 0.3 is 0 Å². The van der Waals surface area contributed by atoms with Crippen molar-refractivity contribution in [3.05, 3.63) is 12.5 Å². The van der Waals surface area contributed by atoms with Crippen molar-refractivity contribution in [1.82, 2.24) is 9.97 Å². The van der Waals surface area contributed by atoms with Gasteiger partial charge in [0, 0.05) is 0 Å².